The highest BCUT2D eigenvalue weighted by Crippen LogP contribution is 2.47. The van der Waals surface area contributed by atoms with Gasteiger partial charge in [-0.1, -0.05) is 12.8 Å². The summed E-state index contributed by atoms with van der Waals surface area (Å²) in [6, 6.07) is 4.27. The van der Waals surface area contributed by atoms with Gasteiger partial charge in [-0.05, 0) is 71.1 Å². The van der Waals surface area contributed by atoms with Crippen molar-refractivity contribution in [3.05, 3.63) is 0 Å². The van der Waals surface area contributed by atoms with Gasteiger partial charge in [0.2, 0.25) is 0 Å². The monoisotopic (exact) mass is 322 g/mol. The summed E-state index contributed by atoms with van der Waals surface area (Å²) in [5.41, 5.74) is 0. The van der Waals surface area contributed by atoms with Crippen molar-refractivity contribution in [2.45, 2.75) is 114 Å². The molecule has 4 rings (SSSR count). The van der Waals surface area contributed by atoms with Gasteiger partial charge in [0.15, 0.2) is 0 Å². The Kier molecular flexibility index (Phi) is 4.51. The highest BCUT2D eigenvalue weighted by Gasteiger charge is 2.49. The fraction of sp³-hybridized carbons (Fsp3) is 1.00. The summed E-state index contributed by atoms with van der Waals surface area (Å²) in [6.07, 6.45) is 14.3. The molecule has 0 spiro atoms. The predicted molar refractivity (Wildman–Crippen MR) is 96.4 cm³/mol. The van der Waals surface area contributed by atoms with Gasteiger partial charge in [-0.3, -0.25) is 9.80 Å². The van der Waals surface area contributed by atoms with Crippen LogP contribution in [0.2, 0.25) is 0 Å². The molecule has 0 saturated heterocycles. The summed E-state index contributed by atoms with van der Waals surface area (Å²) in [5, 5.41) is 0.527. The van der Waals surface area contributed by atoms with Gasteiger partial charge in [0.05, 0.1) is 5.37 Å². The molecular weight excluding hydrogens is 288 g/mol. The van der Waals surface area contributed by atoms with Crippen molar-refractivity contribution >= 4 is 12.6 Å². The third kappa shape index (κ3) is 3.10. The van der Waals surface area contributed by atoms with Crippen molar-refractivity contribution in [1.82, 2.24) is 9.80 Å². The van der Waals surface area contributed by atoms with Gasteiger partial charge >= 0.3 is 0 Å². The van der Waals surface area contributed by atoms with E-state index < -0.39 is 0 Å². The zero-order chi connectivity index (χ0) is 15.3. The first-order valence-electron chi connectivity index (χ1n) is 9.88. The molecule has 4 fully saturated rings. The summed E-state index contributed by atoms with van der Waals surface area (Å²) in [5.74, 6) is 0.924. The van der Waals surface area contributed by atoms with Gasteiger partial charge in [0.25, 0.3) is 0 Å². The Morgan fingerprint density at radius 2 is 1.41 bits per heavy atom. The van der Waals surface area contributed by atoms with Crippen molar-refractivity contribution in [1.29, 1.82) is 0 Å². The first-order valence-corrected chi connectivity index (χ1v) is 10.4. The van der Waals surface area contributed by atoms with Crippen LogP contribution in [0.3, 0.4) is 0 Å². The molecule has 4 aliphatic rings. The van der Waals surface area contributed by atoms with E-state index >= 15 is 0 Å². The smallest absolute Gasteiger partial charge is 0.0536 e. The number of nitrogens with zero attached hydrogens (tertiary/aromatic N) is 2. The third-order valence-corrected chi connectivity index (χ3v) is 7.16. The lowest BCUT2D eigenvalue weighted by atomic mass is 9.84. The Bertz CT molecular complexity index is 371. The molecule has 0 aromatic heterocycles. The quantitative estimate of drug-likeness (QED) is 0.526. The summed E-state index contributed by atoms with van der Waals surface area (Å²) >= 11 is 5.09. The van der Waals surface area contributed by atoms with Crippen molar-refractivity contribution in [2.24, 2.45) is 5.92 Å². The Balaban J connectivity index is 1.32. The topological polar surface area (TPSA) is 6.48 Å². The van der Waals surface area contributed by atoms with E-state index in [1.165, 1.54) is 64.2 Å². The Morgan fingerprint density at radius 3 is 1.82 bits per heavy atom. The van der Waals surface area contributed by atoms with Crippen molar-refractivity contribution in [3.8, 4) is 0 Å². The van der Waals surface area contributed by atoms with Crippen LogP contribution in [0.4, 0.5) is 0 Å². The van der Waals surface area contributed by atoms with E-state index in [-0.39, 0.29) is 0 Å². The van der Waals surface area contributed by atoms with Crippen molar-refractivity contribution < 1.29 is 0 Å². The van der Waals surface area contributed by atoms with E-state index in [4.69, 9.17) is 12.6 Å². The maximum atomic E-state index is 5.09. The summed E-state index contributed by atoms with van der Waals surface area (Å²) < 4.78 is 0. The van der Waals surface area contributed by atoms with E-state index in [2.05, 4.69) is 23.6 Å². The zero-order valence-corrected chi connectivity index (χ0v) is 15.3. The van der Waals surface area contributed by atoms with Crippen LogP contribution in [-0.2, 0) is 0 Å². The maximum absolute atomic E-state index is 5.09. The molecule has 0 heterocycles. The first-order chi connectivity index (χ1) is 10.6. The van der Waals surface area contributed by atoms with Crippen molar-refractivity contribution in [3.63, 3.8) is 0 Å². The maximum Gasteiger partial charge on any atom is 0.0536 e. The minimum atomic E-state index is 0.527. The highest BCUT2D eigenvalue weighted by atomic mass is 32.1. The second-order valence-corrected chi connectivity index (χ2v) is 9.26. The molecule has 0 aliphatic heterocycles. The molecule has 3 atom stereocenters. The highest BCUT2D eigenvalue weighted by molar-refractivity contribution is 7.80. The largest absolute Gasteiger partial charge is 0.295 e. The molecule has 0 radical (unpaired) electrons. The van der Waals surface area contributed by atoms with Gasteiger partial charge in [0.1, 0.15) is 0 Å². The molecule has 0 aromatic carbocycles. The fourth-order valence-electron chi connectivity index (χ4n) is 4.85. The first kappa shape index (κ1) is 15.8. The predicted octanol–water partition coefficient (Wildman–Crippen LogP) is 4.30. The summed E-state index contributed by atoms with van der Waals surface area (Å²) in [6.45, 7) is 4.78. The van der Waals surface area contributed by atoms with Crippen LogP contribution in [0.1, 0.15) is 78.1 Å². The van der Waals surface area contributed by atoms with Gasteiger partial charge in [-0.2, -0.15) is 12.6 Å². The second kappa shape index (κ2) is 6.29. The summed E-state index contributed by atoms with van der Waals surface area (Å²) in [7, 11) is 0. The second-order valence-electron chi connectivity index (χ2n) is 8.67. The number of hydrogen-bond acceptors (Lipinski definition) is 3. The molecular formula is C19H34N2S. The van der Waals surface area contributed by atoms with Gasteiger partial charge in [-0.15, -0.1) is 0 Å². The number of hydrogen-bond donors (Lipinski definition) is 1. The molecule has 22 heavy (non-hydrogen) atoms. The minimum Gasteiger partial charge on any atom is -0.295 e. The van der Waals surface area contributed by atoms with E-state index in [0.29, 0.717) is 5.37 Å². The molecule has 3 unspecified atom stereocenters. The number of rotatable bonds is 8. The van der Waals surface area contributed by atoms with E-state index in [1.807, 2.05) is 0 Å². The van der Waals surface area contributed by atoms with Crippen LogP contribution in [0.5, 0.6) is 0 Å². The van der Waals surface area contributed by atoms with Crippen LogP contribution in [0.25, 0.3) is 0 Å². The van der Waals surface area contributed by atoms with E-state index in [1.54, 1.807) is 0 Å². The SMILES string of the molecule is CC(C)N(C1CC1)C1CC1CC(S)N(C1CCC1)C1CCC1. The average molecular weight is 323 g/mol. The zero-order valence-electron chi connectivity index (χ0n) is 14.5. The average Bonchev–Trinajstić information content (AvgIpc) is 3.22. The molecule has 4 aliphatic carbocycles. The number of thiol groups is 1. The van der Waals surface area contributed by atoms with Gasteiger partial charge in [-0.25, -0.2) is 0 Å². The Labute approximate surface area is 142 Å². The molecule has 2 nitrogen and oxygen atoms in total. The molecule has 0 amide bonds. The molecule has 126 valence electrons. The molecule has 3 heteroatoms. The van der Waals surface area contributed by atoms with Crippen LogP contribution in [0.15, 0.2) is 0 Å². The standard InChI is InChI=1S/C19H34N2S/c1-13(2)20(17-9-10-17)18-11-14(18)12-19(22)21(15-5-3-6-15)16-7-4-8-16/h13-19,22H,3-12H2,1-2H3. The molecule has 0 bridgehead atoms. The minimum absolute atomic E-state index is 0.527. The van der Waals surface area contributed by atoms with Crippen LogP contribution < -0.4 is 0 Å². The van der Waals surface area contributed by atoms with Crippen molar-refractivity contribution in [2.75, 3.05) is 0 Å². The lowest BCUT2D eigenvalue weighted by Gasteiger charge is -2.49. The molecule has 0 N–H and O–H groups in total. The summed E-state index contributed by atoms with van der Waals surface area (Å²) in [4.78, 5) is 5.67. The van der Waals surface area contributed by atoms with Crippen LogP contribution in [0, 0.1) is 5.92 Å². The fourth-order valence-corrected chi connectivity index (χ4v) is 5.49. The lowest BCUT2D eigenvalue weighted by Crippen LogP contribution is -2.53. The molecule has 4 saturated carbocycles. The van der Waals surface area contributed by atoms with Gasteiger partial charge < -0.3 is 0 Å². The van der Waals surface area contributed by atoms with Crippen LogP contribution in [-0.4, -0.2) is 45.4 Å². The van der Waals surface area contributed by atoms with E-state index in [9.17, 15) is 0 Å². The normalized spacial score (nSPS) is 34.1. The Morgan fingerprint density at radius 1 is 0.864 bits per heavy atom. The third-order valence-electron chi connectivity index (χ3n) is 6.68. The lowest BCUT2D eigenvalue weighted by molar-refractivity contribution is 0.0261. The van der Waals surface area contributed by atoms with Gasteiger partial charge in [0, 0.05) is 30.2 Å². The van der Waals surface area contributed by atoms with E-state index in [0.717, 1.165) is 36.1 Å². The molecule has 0 aromatic rings. The Hall–Kier alpha value is 0.270. The van der Waals surface area contributed by atoms with Crippen LogP contribution >= 0.6 is 12.6 Å².